The molecule has 23 heavy (non-hydrogen) atoms. The Morgan fingerprint density at radius 3 is 2.70 bits per heavy atom. The first-order valence-corrected chi connectivity index (χ1v) is 10.9. The Bertz CT molecular complexity index is 639. The Balaban J connectivity index is 2.22. The van der Waals surface area contributed by atoms with Crippen LogP contribution in [-0.2, 0) is 20.4 Å². The second-order valence-electron chi connectivity index (χ2n) is 5.10. The van der Waals surface area contributed by atoms with Gasteiger partial charge in [0, 0.05) is 34.4 Å². The van der Waals surface area contributed by atoms with Gasteiger partial charge in [-0.15, -0.1) is 0 Å². The molecule has 130 valence electrons. The lowest BCUT2D eigenvalue weighted by Crippen LogP contribution is -2.42. The molecule has 0 aromatic heterocycles. The topological polar surface area (TPSA) is 89.3 Å². The number of carbonyl (C=O) groups is 1. The minimum atomic E-state index is -3.11. The van der Waals surface area contributed by atoms with E-state index in [1.165, 1.54) is 0 Å². The van der Waals surface area contributed by atoms with Crippen LogP contribution in [0.1, 0.15) is 12.0 Å². The third-order valence-corrected chi connectivity index (χ3v) is 5.53. The van der Waals surface area contributed by atoms with E-state index in [2.05, 4.69) is 5.32 Å². The van der Waals surface area contributed by atoms with Gasteiger partial charge in [0.1, 0.15) is 9.84 Å². The number of benzene rings is 1. The third kappa shape index (κ3) is 8.81. The van der Waals surface area contributed by atoms with Gasteiger partial charge in [-0.2, -0.15) is 11.8 Å². The van der Waals surface area contributed by atoms with Gasteiger partial charge in [0.25, 0.3) is 0 Å². The highest BCUT2D eigenvalue weighted by molar-refractivity contribution is 7.98. The lowest BCUT2D eigenvalue weighted by atomic mass is 10.2. The molecule has 0 saturated carbocycles. The Hall–Kier alpha value is -0.470. The maximum Gasteiger partial charge on any atom is 0.236 e. The molecule has 0 bridgehead atoms. The van der Waals surface area contributed by atoms with Crippen LogP contribution < -0.4 is 11.1 Å². The number of rotatable bonds is 9. The molecule has 0 aliphatic rings. The zero-order valence-electron chi connectivity index (χ0n) is 12.7. The molecular weight excluding hydrogens is 379 g/mol. The van der Waals surface area contributed by atoms with Gasteiger partial charge in [0.05, 0.1) is 11.8 Å². The highest BCUT2D eigenvalue weighted by atomic mass is 35.5. The van der Waals surface area contributed by atoms with Crippen molar-refractivity contribution in [3.63, 3.8) is 0 Å². The van der Waals surface area contributed by atoms with Crippen molar-refractivity contribution >= 4 is 50.7 Å². The number of thioether (sulfide) groups is 1. The molecule has 5 nitrogen and oxygen atoms in total. The molecule has 1 aromatic rings. The van der Waals surface area contributed by atoms with Crippen molar-refractivity contribution in [1.29, 1.82) is 0 Å². The zero-order chi connectivity index (χ0) is 17.5. The van der Waals surface area contributed by atoms with Crippen LogP contribution in [0, 0.1) is 0 Å². The third-order valence-electron chi connectivity index (χ3n) is 2.95. The summed E-state index contributed by atoms with van der Waals surface area (Å²) in [6, 6.07) is 4.55. The van der Waals surface area contributed by atoms with Gasteiger partial charge in [-0.1, -0.05) is 29.3 Å². The number of sulfone groups is 1. The van der Waals surface area contributed by atoms with Gasteiger partial charge in [-0.3, -0.25) is 4.79 Å². The Morgan fingerprint density at radius 1 is 1.39 bits per heavy atom. The van der Waals surface area contributed by atoms with Crippen LogP contribution in [0.25, 0.3) is 0 Å². The monoisotopic (exact) mass is 398 g/mol. The van der Waals surface area contributed by atoms with E-state index in [1.54, 1.807) is 23.9 Å². The van der Waals surface area contributed by atoms with E-state index >= 15 is 0 Å². The quantitative estimate of drug-likeness (QED) is 0.621. The number of nitrogens with one attached hydrogen (secondary N) is 1. The summed E-state index contributed by atoms with van der Waals surface area (Å²) in [5.74, 6) is 0.986. The largest absolute Gasteiger partial charge is 0.354 e. The molecule has 1 amide bonds. The SMILES string of the molecule is CS(=O)(=O)CCC(N)C(=O)NCCSCc1ccc(Cl)cc1Cl. The van der Waals surface area contributed by atoms with E-state index in [9.17, 15) is 13.2 Å². The number of hydrogen-bond acceptors (Lipinski definition) is 5. The molecule has 1 unspecified atom stereocenters. The molecule has 0 aliphatic heterocycles. The number of hydrogen-bond donors (Lipinski definition) is 2. The van der Waals surface area contributed by atoms with Crippen molar-refractivity contribution in [3.05, 3.63) is 33.8 Å². The van der Waals surface area contributed by atoms with Gasteiger partial charge in [-0.25, -0.2) is 8.42 Å². The van der Waals surface area contributed by atoms with E-state index in [0.29, 0.717) is 28.1 Å². The molecule has 0 spiro atoms. The molecule has 1 aromatic carbocycles. The summed E-state index contributed by atoms with van der Waals surface area (Å²) < 4.78 is 22.1. The van der Waals surface area contributed by atoms with Gasteiger partial charge in [0.2, 0.25) is 5.91 Å². The van der Waals surface area contributed by atoms with Gasteiger partial charge in [0.15, 0.2) is 0 Å². The zero-order valence-corrected chi connectivity index (χ0v) is 15.9. The van der Waals surface area contributed by atoms with E-state index in [-0.39, 0.29) is 18.1 Å². The van der Waals surface area contributed by atoms with Crippen molar-refractivity contribution in [3.8, 4) is 0 Å². The summed E-state index contributed by atoms with van der Waals surface area (Å²) in [7, 11) is -3.11. The number of carbonyl (C=O) groups excluding carboxylic acids is 1. The minimum absolute atomic E-state index is 0.0919. The van der Waals surface area contributed by atoms with Crippen LogP contribution in [0.3, 0.4) is 0 Å². The van der Waals surface area contributed by atoms with Crippen LogP contribution in [0.15, 0.2) is 18.2 Å². The van der Waals surface area contributed by atoms with Crippen molar-refractivity contribution in [1.82, 2.24) is 5.32 Å². The van der Waals surface area contributed by atoms with E-state index in [4.69, 9.17) is 28.9 Å². The fraction of sp³-hybridized carbons (Fsp3) is 0.500. The minimum Gasteiger partial charge on any atom is -0.354 e. The lowest BCUT2D eigenvalue weighted by molar-refractivity contribution is -0.122. The van der Waals surface area contributed by atoms with Crippen LogP contribution in [0.5, 0.6) is 0 Å². The molecule has 0 heterocycles. The Kier molecular flexibility index (Phi) is 8.71. The second-order valence-corrected chi connectivity index (χ2v) is 9.31. The van der Waals surface area contributed by atoms with E-state index in [1.807, 2.05) is 6.07 Å². The Labute approximate surface area is 151 Å². The lowest BCUT2D eigenvalue weighted by Gasteiger charge is -2.11. The molecule has 0 aliphatic carbocycles. The normalized spacial score (nSPS) is 12.9. The maximum atomic E-state index is 11.7. The summed E-state index contributed by atoms with van der Waals surface area (Å²) in [5, 5.41) is 3.91. The number of amides is 1. The van der Waals surface area contributed by atoms with Crippen LogP contribution in [0.2, 0.25) is 10.0 Å². The van der Waals surface area contributed by atoms with Crippen LogP contribution in [0.4, 0.5) is 0 Å². The molecule has 0 fully saturated rings. The average molecular weight is 399 g/mol. The van der Waals surface area contributed by atoms with Crippen LogP contribution >= 0.6 is 35.0 Å². The summed E-state index contributed by atoms with van der Waals surface area (Å²) in [6.07, 6.45) is 1.24. The fourth-order valence-corrected chi connectivity index (χ4v) is 3.77. The molecule has 0 radical (unpaired) electrons. The summed E-state index contributed by atoms with van der Waals surface area (Å²) >= 11 is 13.5. The maximum absolute atomic E-state index is 11.7. The van der Waals surface area contributed by atoms with Gasteiger partial charge >= 0.3 is 0 Å². The standard InChI is InChI=1S/C14H20Cl2N2O3S2/c1-23(20,21)7-4-13(17)14(19)18-5-6-22-9-10-2-3-11(15)8-12(10)16/h2-3,8,13H,4-7,9,17H2,1H3,(H,18,19). The first-order chi connectivity index (χ1) is 10.7. The molecule has 0 saturated heterocycles. The average Bonchev–Trinajstić information content (AvgIpc) is 2.45. The summed E-state index contributed by atoms with van der Waals surface area (Å²) in [5.41, 5.74) is 6.63. The molecule has 1 atom stereocenters. The van der Waals surface area contributed by atoms with E-state index < -0.39 is 15.9 Å². The van der Waals surface area contributed by atoms with Crippen molar-refractivity contribution in [2.75, 3.05) is 24.3 Å². The van der Waals surface area contributed by atoms with Gasteiger partial charge < -0.3 is 11.1 Å². The van der Waals surface area contributed by atoms with E-state index in [0.717, 1.165) is 11.8 Å². The smallest absolute Gasteiger partial charge is 0.236 e. The van der Waals surface area contributed by atoms with Crippen LogP contribution in [-0.4, -0.2) is 44.7 Å². The predicted octanol–water partition coefficient (Wildman–Crippen LogP) is 2.10. The fourth-order valence-electron chi connectivity index (χ4n) is 1.67. The molecule has 3 N–H and O–H groups in total. The van der Waals surface area contributed by atoms with Crippen molar-refractivity contribution < 1.29 is 13.2 Å². The first kappa shape index (κ1) is 20.6. The Morgan fingerprint density at radius 2 is 2.09 bits per heavy atom. The molecule has 9 heteroatoms. The second kappa shape index (κ2) is 9.74. The highest BCUT2D eigenvalue weighted by Crippen LogP contribution is 2.24. The summed E-state index contributed by atoms with van der Waals surface area (Å²) in [6.45, 7) is 0.460. The number of nitrogens with two attached hydrogens (primary N) is 1. The van der Waals surface area contributed by atoms with Crippen molar-refractivity contribution in [2.24, 2.45) is 5.73 Å². The first-order valence-electron chi connectivity index (χ1n) is 6.92. The number of halogens is 2. The molecule has 1 rings (SSSR count). The molecular formula is C14H20Cl2N2O3S2. The van der Waals surface area contributed by atoms with Crippen molar-refractivity contribution in [2.45, 2.75) is 18.2 Å². The summed E-state index contributed by atoms with van der Waals surface area (Å²) in [4.78, 5) is 11.7. The van der Waals surface area contributed by atoms with Gasteiger partial charge in [-0.05, 0) is 24.1 Å². The highest BCUT2D eigenvalue weighted by Gasteiger charge is 2.15. The predicted molar refractivity (Wildman–Crippen MR) is 97.9 cm³/mol.